The van der Waals surface area contributed by atoms with Crippen molar-refractivity contribution in [2.45, 2.75) is 45.8 Å². The Kier molecular flexibility index (Phi) is 3.54. The highest BCUT2D eigenvalue weighted by atomic mass is 16.7. The first-order valence-corrected chi connectivity index (χ1v) is 7.75. The summed E-state index contributed by atoms with van der Waals surface area (Å²) in [6, 6.07) is 9.63. The van der Waals surface area contributed by atoms with Crippen LogP contribution in [0.2, 0.25) is 0 Å². The second-order valence-corrected chi connectivity index (χ2v) is 7.08. The number of hydrogen-bond acceptors (Lipinski definition) is 3. The molecular formula is C18H21BO4. The van der Waals surface area contributed by atoms with Crippen LogP contribution in [0.1, 0.15) is 43.6 Å². The van der Waals surface area contributed by atoms with Crippen molar-refractivity contribution in [3.05, 3.63) is 41.5 Å². The van der Waals surface area contributed by atoms with E-state index in [1.54, 1.807) is 0 Å². The fourth-order valence-electron chi connectivity index (χ4n) is 3.00. The molecule has 2 aromatic rings. The second-order valence-electron chi connectivity index (χ2n) is 7.08. The molecule has 23 heavy (non-hydrogen) atoms. The van der Waals surface area contributed by atoms with Crippen LogP contribution in [0.4, 0.5) is 0 Å². The van der Waals surface area contributed by atoms with Crippen molar-refractivity contribution >= 4 is 29.3 Å². The first-order valence-electron chi connectivity index (χ1n) is 7.75. The Labute approximate surface area is 136 Å². The number of aromatic carboxylic acids is 1. The molecule has 2 aromatic carbocycles. The van der Waals surface area contributed by atoms with Gasteiger partial charge in [0.25, 0.3) is 0 Å². The standard InChI is InChI=1S/C18H21BO4/c1-11-13-9-7-6-8-12(13)10-14(15(11)16(20)21)19-22-17(2,3)18(4,5)23-19/h6-10H,1-5H3,(H,20,21). The first kappa shape index (κ1) is 16.0. The number of rotatable bonds is 2. The molecule has 1 aliphatic heterocycles. The molecule has 0 saturated carbocycles. The van der Waals surface area contributed by atoms with Gasteiger partial charge in [-0.2, -0.15) is 0 Å². The van der Waals surface area contributed by atoms with Crippen LogP contribution in [0.5, 0.6) is 0 Å². The molecule has 1 N–H and O–H groups in total. The van der Waals surface area contributed by atoms with Crippen molar-refractivity contribution in [3.8, 4) is 0 Å². The third-order valence-corrected chi connectivity index (χ3v) is 5.06. The van der Waals surface area contributed by atoms with E-state index in [4.69, 9.17) is 9.31 Å². The van der Waals surface area contributed by atoms with Crippen molar-refractivity contribution in [1.29, 1.82) is 0 Å². The van der Waals surface area contributed by atoms with Gasteiger partial charge in [-0.3, -0.25) is 0 Å². The van der Waals surface area contributed by atoms with Crippen LogP contribution in [-0.4, -0.2) is 29.4 Å². The van der Waals surface area contributed by atoms with Gasteiger partial charge in [0.1, 0.15) is 0 Å². The lowest BCUT2D eigenvalue weighted by Crippen LogP contribution is -2.41. The van der Waals surface area contributed by atoms with E-state index in [1.807, 2.05) is 65.0 Å². The summed E-state index contributed by atoms with van der Waals surface area (Å²) in [7, 11) is -0.686. The van der Waals surface area contributed by atoms with E-state index in [1.165, 1.54) is 0 Å². The van der Waals surface area contributed by atoms with E-state index in [-0.39, 0.29) is 5.56 Å². The second kappa shape index (κ2) is 5.08. The molecule has 0 amide bonds. The van der Waals surface area contributed by atoms with E-state index in [2.05, 4.69) is 0 Å². The fraction of sp³-hybridized carbons (Fsp3) is 0.389. The van der Waals surface area contributed by atoms with E-state index >= 15 is 0 Å². The molecule has 5 heteroatoms. The zero-order valence-electron chi connectivity index (χ0n) is 14.1. The van der Waals surface area contributed by atoms with Gasteiger partial charge in [-0.05, 0) is 56.4 Å². The molecular weight excluding hydrogens is 291 g/mol. The largest absolute Gasteiger partial charge is 0.495 e. The molecule has 0 bridgehead atoms. The summed E-state index contributed by atoms with van der Waals surface area (Å²) >= 11 is 0. The van der Waals surface area contributed by atoms with Gasteiger partial charge >= 0.3 is 13.1 Å². The molecule has 1 heterocycles. The minimum Gasteiger partial charge on any atom is -0.478 e. The number of hydrogen-bond donors (Lipinski definition) is 1. The number of carbonyl (C=O) groups is 1. The Balaban J connectivity index is 2.22. The summed E-state index contributed by atoms with van der Waals surface area (Å²) < 4.78 is 12.1. The molecule has 1 saturated heterocycles. The maximum atomic E-state index is 11.9. The normalized spacial score (nSPS) is 19.3. The monoisotopic (exact) mass is 312 g/mol. The molecule has 1 fully saturated rings. The molecule has 0 aliphatic carbocycles. The number of carboxylic acid groups (broad SMARTS) is 1. The molecule has 120 valence electrons. The Morgan fingerprint density at radius 2 is 1.65 bits per heavy atom. The lowest BCUT2D eigenvalue weighted by atomic mass is 9.73. The molecule has 0 atom stereocenters. The molecule has 3 rings (SSSR count). The first-order chi connectivity index (χ1) is 10.6. The number of carboxylic acids is 1. The third-order valence-electron chi connectivity index (χ3n) is 5.06. The minimum absolute atomic E-state index is 0.266. The summed E-state index contributed by atoms with van der Waals surface area (Å²) in [4.78, 5) is 11.9. The predicted molar refractivity (Wildman–Crippen MR) is 91.4 cm³/mol. The summed E-state index contributed by atoms with van der Waals surface area (Å²) in [5.41, 5.74) is 0.565. The highest BCUT2D eigenvalue weighted by Crippen LogP contribution is 2.37. The van der Waals surface area contributed by atoms with Crippen LogP contribution < -0.4 is 5.46 Å². The zero-order valence-corrected chi connectivity index (χ0v) is 14.1. The van der Waals surface area contributed by atoms with Crippen molar-refractivity contribution in [2.75, 3.05) is 0 Å². The van der Waals surface area contributed by atoms with E-state index in [9.17, 15) is 9.90 Å². The molecule has 0 unspecified atom stereocenters. The van der Waals surface area contributed by atoms with Crippen LogP contribution in [0.25, 0.3) is 10.8 Å². The number of fused-ring (bicyclic) bond motifs is 1. The van der Waals surface area contributed by atoms with Crippen molar-refractivity contribution in [1.82, 2.24) is 0 Å². The lowest BCUT2D eigenvalue weighted by Gasteiger charge is -2.32. The molecule has 1 aliphatic rings. The van der Waals surface area contributed by atoms with Crippen LogP contribution in [0.3, 0.4) is 0 Å². The van der Waals surface area contributed by atoms with Crippen LogP contribution in [-0.2, 0) is 9.31 Å². The van der Waals surface area contributed by atoms with Gasteiger partial charge in [0.2, 0.25) is 0 Å². The zero-order chi connectivity index (χ0) is 17.0. The van der Waals surface area contributed by atoms with Gasteiger partial charge < -0.3 is 14.4 Å². The topological polar surface area (TPSA) is 55.8 Å². The maximum Gasteiger partial charge on any atom is 0.495 e. The SMILES string of the molecule is Cc1c(C(=O)O)c(B2OC(C)(C)C(C)(C)O2)cc2ccccc12. The highest BCUT2D eigenvalue weighted by molar-refractivity contribution is 6.64. The fourth-order valence-corrected chi connectivity index (χ4v) is 3.00. The average molecular weight is 312 g/mol. The van der Waals surface area contributed by atoms with Gasteiger partial charge in [0, 0.05) is 0 Å². The molecule has 0 spiro atoms. The van der Waals surface area contributed by atoms with E-state index < -0.39 is 24.3 Å². The summed E-state index contributed by atoms with van der Waals surface area (Å²) in [5.74, 6) is -0.960. The van der Waals surface area contributed by atoms with Crippen molar-refractivity contribution in [2.24, 2.45) is 0 Å². The smallest absolute Gasteiger partial charge is 0.478 e. The van der Waals surface area contributed by atoms with E-state index in [0.717, 1.165) is 16.3 Å². The Bertz CT molecular complexity index is 779. The lowest BCUT2D eigenvalue weighted by molar-refractivity contribution is 0.00578. The minimum atomic E-state index is -0.960. The Morgan fingerprint density at radius 3 is 2.22 bits per heavy atom. The van der Waals surface area contributed by atoms with Gasteiger partial charge in [-0.1, -0.05) is 30.3 Å². The maximum absolute atomic E-state index is 11.9. The van der Waals surface area contributed by atoms with Gasteiger partial charge in [-0.25, -0.2) is 4.79 Å². The molecule has 0 radical (unpaired) electrons. The average Bonchev–Trinajstić information content (AvgIpc) is 2.67. The van der Waals surface area contributed by atoms with Gasteiger partial charge in [-0.15, -0.1) is 0 Å². The highest BCUT2D eigenvalue weighted by Gasteiger charge is 2.52. The number of benzene rings is 2. The van der Waals surface area contributed by atoms with Crippen LogP contribution in [0.15, 0.2) is 30.3 Å². The summed E-state index contributed by atoms with van der Waals surface area (Å²) in [6.45, 7) is 9.67. The third kappa shape index (κ3) is 2.44. The van der Waals surface area contributed by atoms with Crippen molar-refractivity contribution in [3.63, 3.8) is 0 Å². The number of aryl methyl sites for hydroxylation is 1. The predicted octanol–water partition coefficient (Wildman–Crippen LogP) is 3.15. The quantitative estimate of drug-likeness (QED) is 0.866. The Hall–Kier alpha value is -1.85. The van der Waals surface area contributed by atoms with Gasteiger partial charge in [0.05, 0.1) is 16.8 Å². The Morgan fingerprint density at radius 1 is 1.09 bits per heavy atom. The summed E-state index contributed by atoms with van der Waals surface area (Å²) in [5, 5.41) is 11.6. The summed E-state index contributed by atoms with van der Waals surface area (Å²) in [6.07, 6.45) is 0. The van der Waals surface area contributed by atoms with Crippen LogP contribution >= 0.6 is 0 Å². The van der Waals surface area contributed by atoms with E-state index in [0.29, 0.717) is 5.46 Å². The van der Waals surface area contributed by atoms with Crippen molar-refractivity contribution < 1.29 is 19.2 Å². The molecule has 4 nitrogen and oxygen atoms in total. The van der Waals surface area contributed by atoms with Crippen LogP contribution in [0, 0.1) is 6.92 Å². The molecule has 0 aromatic heterocycles. The van der Waals surface area contributed by atoms with Gasteiger partial charge in [0.15, 0.2) is 0 Å².